The van der Waals surface area contributed by atoms with Crippen LogP contribution in [0.25, 0.3) is 0 Å². The van der Waals surface area contributed by atoms with Gasteiger partial charge in [-0.15, -0.1) is 0 Å². The minimum atomic E-state index is -0.229. The van der Waals surface area contributed by atoms with Crippen molar-refractivity contribution in [3.8, 4) is 5.75 Å². The Labute approximate surface area is 202 Å². The molecular weight excluding hydrogens is 456 g/mol. The summed E-state index contributed by atoms with van der Waals surface area (Å²) in [6, 6.07) is 10.8. The highest BCUT2D eigenvalue weighted by molar-refractivity contribution is 6.33. The summed E-state index contributed by atoms with van der Waals surface area (Å²) in [5.41, 5.74) is 3.46. The third-order valence-corrected chi connectivity index (χ3v) is 5.87. The number of fused-ring (bicyclic) bond motifs is 1. The van der Waals surface area contributed by atoms with Crippen LogP contribution in [-0.4, -0.2) is 43.0 Å². The van der Waals surface area contributed by atoms with Crippen LogP contribution in [0.2, 0.25) is 5.02 Å². The Hall–Kier alpha value is -3.85. The van der Waals surface area contributed by atoms with E-state index in [1.165, 1.54) is 6.20 Å². The molecule has 10 heteroatoms. The number of anilines is 5. The summed E-state index contributed by atoms with van der Waals surface area (Å²) in [5.74, 6) is 1.15. The fourth-order valence-electron chi connectivity index (χ4n) is 3.88. The summed E-state index contributed by atoms with van der Waals surface area (Å²) in [5, 5.41) is 9.01. The van der Waals surface area contributed by atoms with Crippen LogP contribution in [0.4, 0.5) is 28.8 Å². The van der Waals surface area contributed by atoms with E-state index < -0.39 is 0 Å². The number of benzene rings is 2. The van der Waals surface area contributed by atoms with Crippen molar-refractivity contribution in [2.75, 3.05) is 36.7 Å². The van der Waals surface area contributed by atoms with Gasteiger partial charge in [-0.05, 0) is 37.1 Å². The van der Waals surface area contributed by atoms with Gasteiger partial charge in [0.1, 0.15) is 10.8 Å². The first-order valence-electron chi connectivity index (χ1n) is 10.8. The van der Waals surface area contributed by atoms with Crippen LogP contribution in [0, 0.1) is 0 Å². The predicted molar refractivity (Wildman–Crippen MR) is 133 cm³/mol. The van der Waals surface area contributed by atoms with Gasteiger partial charge in [-0.25, -0.2) is 4.98 Å². The monoisotopic (exact) mass is 480 g/mol. The maximum absolute atomic E-state index is 12.2. The molecule has 0 fully saturated rings. The lowest BCUT2D eigenvalue weighted by atomic mass is 10.0. The third kappa shape index (κ3) is 4.60. The SMILES string of the molecule is CNC(=O)c1ccccc1Nc1nc(N(C)c2ccc3c(c2OC)CCCC(=O)N3)ncc1Cl. The van der Waals surface area contributed by atoms with Gasteiger partial charge < -0.3 is 25.6 Å². The van der Waals surface area contributed by atoms with Crippen molar-refractivity contribution in [1.29, 1.82) is 0 Å². The fourth-order valence-corrected chi connectivity index (χ4v) is 4.02. The number of hydrogen-bond donors (Lipinski definition) is 3. The molecule has 3 N–H and O–H groups in total. The van der Waals surface area contributed by atoms with E-state index in [2.05, 4.69) is 25.9 Å². The van der Waals surface area contributed by atoms with Crippen LogP contribution < -0.4 is 25.6 Å². The highest BCUT2D eigenvalue weighted by atomic mass is 35.5. The lowest BCUT2D eigenvalue weighted by Crippen LogP contribution is -2.19. The van der Waals surface area contributed by atoms with Crippen molar-refractivity contribution in [2.45, 2.75) is 19.3 Å². The molecule has 9 nitrogen and oxygen atoms in total. The number of nitrogens with zero attached hydrogens (tertiary/aromatic N) is 3. The van der Waals surface area contributed by atoms with Gasteiger partial charge in [0.2, 0.25) is 11.9 Å². The summed E-state index contributed by atoms with van der Waals surface area (Å²) in [7, 11) is 5.00. The van der Waals surface area contributed by atoms with Crippen molar-refractivity contribution in [1.82, 2.24) is 15.3 Å². The van der Waals surface area contributed by atoms with E-state index in [1.54, 1.807) is 37.3 Å². The number of hydrogen-bond acceptors (Lipinski definition) is 7. The van der Waals surface area contributed by atoms with Crippen molar-refractivity contribution in [3.63, 3.8) is 0 Å². The van der Waals surface area contributed by atoms with Gasteiger partial charge in [0.25, 0.3) is 5.91 Å². The number of amides is 2. The molecule has 0 spiro atoms. The molecule has 34 heavy (non-hydrogen) atoms. The second-order valence-electron chi connectivity index (χ2n) is 7.72. The van der Waals surface area contributed by atoms with Crippen molar-refractivity contribution in [3.05, 3.63) is 58.7 Å². The molecule has 1 aliphatic rings. The zero-order valence-corrected chi connectivity index (χ0v) is 19.9. The molecule has 2 heterocycles. The molecule has 0 radical (unpaired) electrons. The summed E-state index contributed by atoms with van der Waals surface area (Å²) in [6.45, 7) is 0. The molecular formula is C24H25ClN6O3. The average molecular weight is 481 g/mol. The number of methoxy groups -OCH3 is 1. The van der Waals surface area contributed by atoms with E-state index in [4.69, 9.17) is 16.3 Å². The average Bonchev–Trinajstić information content (AvgIpc) is 3.04. The number of nitrogens with one attached hydrogen (secondary N) is 3. The second kappa shape index (κ2) is 9.96. The van der Waals surface area contributed by atoms with Gasteiger partial charge in [0.05, 0.1) is 30.2 Å². The molecule has 1 aromatic heterocycles. The largest absolute Gasteiger partial charge is 0.494 e. The normalized spacial score (nSPS) is 12.8. The Bertz CT molecular complexity index is 1250. The molecule has 0 atom stereocenters. The van der Waals surface area contributed by atoms with Crippen LogP contribution in [0.15, 0.2) is 42.6 Å². The Morgan fingerprint density at radius 3 is 2.76 bits per heavy atom. The van der Waals surface area contributed by atoms with E-state index in [1.807, 2.05) is 25.2 Å². The molecule has 0 aliphatic carbocycles. The lowest BCUT2D eigenvalue weighted by Gasteiger charge is -2.23. The van der Waals surface area contributed by atoms with Crippen LogP contribution in [0.3, 0.4) is 0 Å². The molecule has 2 amide bonds. The molecule has 176 valence electrons. The molecule has 3 aromatic rings. The standard InChI is InChI=1S/C24H25ClN6O3/c1-26-23(33)15-7-4-5-9-17(15)29-22-16(25)13-27-24(30-22)31(2)19-12-11-18-14(21(19)34-3)8-6-10-20(32)28-18/h4-5,7,9,11-13H,6,8,10H2,1-3H3,(H,26,33)(H,28,32)(H,27,29,30). The number of rotatable bonds is 6. The predicted octanol–water partition coefficient (Wildman–Crippen LogP) is 4.28. The smallest absolute Gasteiger partial charge is 0.253 e. The molecule has 0 unspecified atom stereocenters. The number of ether oxygens (including phenoxy) is 1. The van der Waals surface area contributed by atoms with Crippen LogP contribution in [-0.2, 0) is 11.2 Å². The maximum Gasteiger partial charge on any atom is 0.253 e. The molecule has 0 bridgehead atoms. The lowest BCUT2D eigenvalue weighted by molar-refractivity contribution is -0.116. The number of halogens is 1. The minimum Gasteiger partial charge on any atom is -0.494 e. The van der Waals surface area contributed by atoms with Crippen molar-refractivity contribution < 1.29 is 14.3 Å². The summed E-state index contributed by atoms with van der Waals surface area (Å²) < 4.78 is 5.75. The topological polar surface area (TPSA) is 108 Å². The highest BCUT2D eigenvalue weighted by Crippen LogP contribution is 2.40. The zero-order valence-electron chi connectivity index (χ0n) is 19.1. The van der Waals surface area contributed by atoms with Gasteiger partial charge in [-0.1, -0.05) is 23.7 Å². The first-order chi connectivity index (χ1) is 16.4. The first kappa shape index (κ1) is 23.3. The number of para-hydroxylation sites is 1. The number of carbonyl (C=O) groups is 2. The van der Waals surface area contributed by atoms with E-state index >= 15 is 0 Å². The van der Waals surface area contributed by atoms with Gasteiger partial charge in [-0.2, -0.15) is 4.98 Å². The van der Waals surface area contributed by atoms with Crippen LogP contribution >= 0.6 is 11.6 Å². The van der Waals surface area contributed by atoms with E-state index in [0.29, 0.717) is 46.6 Å². The summed E-state index contributed by atoms with van der Waals surface area (Å²) >= 11 is 6.38. The molecule has 1 aliphatic heterocycles. The Morgan fingerprint density at radius 1 is 1.21 bits per heavy atom. The van der Waals surface area contributed by atoms with E-state index in [-0.39, 0.29) is 11.8 Å². The molecule has 2 aromatic carbocycles. The van der Waals surface area contributed by atoms with E-state index in [0.717, 1.165) is 23.4 Å². The minimum absolute atomic E-state index is 0.00399. The zero-order chi connectivity index (χ0) is 24.2. The summed E-state index contributed by atoms with van der Waals surface area (Å²) in [4.78, 5) is 35.0. The van der Waals surface area contributed by atoms with Crippen LogP contribution in [0.5, 0.6) is 5.75 Å². The second-order valence-corrected chi connectivity index (χ2v) is 8.13. The maximum atomic E-state index is 12.2. The van der Waals surface area contributed by atoms with E-state index in [9.17, 15) is 9.59 Å². The van der Waals surface area contributed by atoms with Crippen molar-refractivity contribution >= 4 is 52.2 Å². The Morgan fingerprint density at radius 2 is 2.00 bits per heavy atom. The van der Waals surface area contributed by atoms with Gasteiger partial charge in [0.15, 0.2) is 5.82 Å². The Kier molecular flexibility index (Phi) is 6.83. The fraction of sp³-hybridized carbons (Fsp3) is 0.250. The summed E-state index contributed by atoms with van der Waals surface area (Å²) in [6.07, 6.45) is 3.42. The first-order valence-corrected chi connectivity index (χ1v) is 11.1. The van der Waals surface area contributed by atoms with Gasteiger partial charge >= 0.3 is 0 Å². The molecule has 4 rings (SSSR count). The quantitative estimate of drug-likeness (QED) is 0.483. The van der Waals surface area contributed by atoms with Gasteiger partial charge in [0, 0.05) is 31.8 Å². The number of carbonyl (C=O) groups excluding carboxylic acids is 2. The highest BCUT2D eigenvalue weighted by Gasteiger charge is 2.23. The van der Waals surface area contributed by atoms with Gasteiger partial charge in [-0.3, -0.25) is 9.59 Å². The third-order valence-electron chi connectivity index (χ3n) is 5.59. The van der Waals surface area contributed by atoms with Crippen LogP contribution in [0.1, 0.15) is 28.8 Å². The van der Waals surface area contributed by atoms with Crippen molar-refractivity contribution in [2.24, 2.45) is 0 Å². The number of aromatic nitrogens is 2. The molecule has 0 saturated heterocycles. The Balaban J connectivity index is 1.70. The molecule has 0 saturated carbocycles.